The van der Waals surface area contributed by atoms with Gasteiger partial charge in [-0.05, 0) is 26.0 Å². The van der Waals surface area contributed by atoms with Crippen molar-refractivity contribution in [3.8, 4) is 5.75 Å². The van der Waals surface area contributed by atoms with E-state index in [0.717, 1.165) is 11.3 Å². The molecule has 0 radical (unpaired) electrons. The van der Waals surface area contributed by atoms with Gasteiger partial charge in [0.25, 0.3) is 0 Å². The molecule has 0 atom stereocenters. The first-order chi connectivity index (χ1) is 7.52. The Kier molecular flexibility index (Phi) is 2.62. The number of nitrogens with zero attached hydrogens (tertiary/aromatic N) is 2. The molecular weight excluding hydrogens is 200 g/mol. The third-order valence-electron chi connectivity index (χ3n) is 2.76. The summed E-state index contributed by atoms with van der Waals surface area (Å²) in [6, 6.07) is 5.91. The number of hydrogen-bond acceptors (Lipinski definition) is 2. The monoisotopic (exact) mass is 218 g/mol. The highest BCUT2D eigenvalue weighted by atomic mass is 16.3. The lowest BCUT2D eigenvalue weighted by Crippen LogP contribution is -2.07. The summed E-state index contributed by atoms with van der Waals surface area (Å²) >= 11 is 0. The van der Waals surface area contributed by atoms with Crippen LogP contribution in [0.1, 0.15) is 45.5 Å². The van der Waals surface area contributed by atoms with E-state index in [-0.39, 0.29) is 5.75 Å². The Hall–Kier alpha value is -1.51. The van der Waals surface area contributed by atoms with Crippen LogP contribution in [0.25, 0.3) is 11.0 Å². The topological polar surface area (TPSA) is 38.1 Å². The van der Waals surface area contributed by atoms with Crippen LogP contribution in [-0.2, 0) is 0 Å². The summed E-state index contributed by atoms with van der Waals surface area (Å²) in [5.74, 6) is 1.65. The summed E-state index contributed by atoms with van der Waals surface area (Å²) in [6.07, 6.45) is 0. The second kappa shape index (κ2) is 3.81. The van der Waals surface area contributed by atoms with Gasteiger partial charge in [0.2, 0.25) is 0 Å². The first-order valence-corrected chi connectivity index (χ1v) is 5.72. The minimum atomic E-state index is 0.263. The van der Waals surface area contributed by atoms with Crippen molar-refractivity contribution >= 4 is 11.0 Å². The van der Waals surface area contributed by atoms with Gasteiger partial charge in [0.1, 0.15) is 17.1 Å². The normalized spacial score (nSPS) is 11.9. The largest absolute Gasteiger partial charge is 0.506 e. The van der Waals surface area contributed by atoms with Crippen LogP contribution in [-0.4, -0.2) is 14.7 Å². The van der Waals surface area contributed by atoms with E-state index in [9.17, 15) is 5.11 Å². The molecule has 1 aromatic heterocycles. The fraction of sp³-hybridized carbons (Fsp3) is 0.462. The molecule has 0 aliphatic rings. The molecule has 0 fully saturated rings. The van der Waals surface area contributed by atoms with Crippen LogP contribution in [0.15, 0.2) is 18.2 Å². The highest BCUT2D eigenvalue weighted by molar-refractivity contribution is 5.82. The third-order valence-corrected chi connectivity index (χ3v) is 2.76. The van der Waals surface area contributed by atoms with Crippen molar-refractivity contribution in [2.24, 2.45) is 0 Å². The summed E-state index contributed by atoms with van der Waals surface area (Å²) in [6.45, 7) is 8.52. The predicted molar refractivity (Wildman–Crippen MR) is 65.9 cm³/mol. The Morgan fingerprint density at radius 2 is 1.88 bits per heavy atom. The molecule has 86 valence electrons. The van der Waals surface area contributed by atoms with E-state index < -0.39 is 0 Å². The van der Waals surface area contributed by atoms with Gasteiger partial charge in [-0.1, -0.05) is 19.9 Å². The average molecular weight is 218 g/mol. The fourth-order valence-electron chi connectivity index (χ4n) is 2.07. The maximum absolute atomic E-state index is 9.80. The van der Waals surface area contributed by atoms with Crippen molar-refractivity contribution in [3.05, 3.63) is 24.0 Å². The van der Waals surface area contributed by atoms with Gasteiger partial charge >= 0.3 is 0 Å². The Bertz CT molecular complexity index is 512. The number of aromatic hydroxyl groups is 1. The molecule has 0 bridgehead atoms. The number of phenols is 1. The maximum atomic E-state index is 9.80. The Balaban J connectivity index is 2.81. The van der Waals surface area contributed by atoms with Crippen LogP contribution in [0.4, 0.5) is 0 Å². The fourth-order valence-corrected chi connectivity index (χ4v) is 2.07. The van der Waals surface area contributed by atoms with Crippen LogP contribution in [0.5, 0.6) is 5.75 Å². The van der Waals surface area contributed by atoms with Gasteiger partial charge in [-0.25, -0.2) is 4.98 Å². The molecule has 1 N–H and O–H groups in total. The number of para-hydroxylation sites is 1. The molecular formula is C13H18N2O. The van der Waals surface area contributed by atoms with Gasteiger partial charge in [0.15, 0.2) is 0 Å². The molecule has 2 aromatic rings. The lowest BCUT2D eigenvalue weighted by Gasteiger charge is -2.14. The van der Waals surface area contributed by atoms with Gasteiger partial charge in [-0.3, -0.25) is 0 Å². The smallest absolute Gasteiger partial charge is 0.143 e. The van der Waals surface area contributed by atoms with E-state index >= 15 is 0 Å². The molecule has 0 aliphatic heterocycles. The maximum Gasteiger partial charge on any atom is 0.143 e. The van der Waals surface area contributed by atoms with Crippen LogP contribution in [0, 0.1) is 0 Å². The Labute approximate surface area is 95.7 Å². The molecule has 3 nitrogen and oxygen atoms in total. The lowest BCUT2D eigenvalue weighted by atomic mass is 10.2. The molecule has 0 amide bonds. The summed E-state index contributed by atoms with van der Waals surface area (Å²) in [5, 5.41) is 9.80. The molecule has 0 saturated heterocycles. The molecule has 1 heterocycles. The van der Waals surface area contributed by atoms with E-state index in [0.29, 0.717) is 17.5 Å². The van der Waals surface area contributed by atoms with E-state index in [2.05, 4.69) is 37.2 Å². The Morgan fingerprint density at radius 3 is 2.44 bits per heavy atom. The first-order valence-electron chi connectivity index (χ1n) is 5.72. The number of rotatable bonds is 2. The van der Waals surface area contributed by atoms with Crippen LogP contribution < -0.4 is 0 Å². The highest BCUT2D eigenvalue weighted by Crippen LogP contribution is 2.30. The summed E-state index contributed by atoms with van der Waals surface area (Å²) < 4.78 is 2.19. The van der Waals surface area contributed by atoms with Gasteiger partial charge in [0, 0.05) is 12.0 Å². The third kappa shape index (κ3) is 1.56. The molecule has 0 saturated carbocycles. The zero-order chi connectivity index (χ0) is 11.9. The minimum Gasteiger partial charge on any atom is -0.506 e. The summed E-state index contributed by atoms with van der Waals surface area (Å²) in [7, 11) is 0. The molecule has 16 heavy (non-hydrogen) atoms. The van der Waals surface area contributed by atoms with E-state index in [1.807, 2.05) is 12.1 Å². The zero-order valence-corrected chi connectivity index (χ0v) is 10.2. The molecule has 0 aliphatic carbocycles. The van der Waals surface area contributed by atoms with Crippen LogP contribution in [0.2, 0.25) is 0 Å². The van der Waals surface area contributed by atoms with Crippen LogP contribution in [0.3, 0.4) is 0 Å². The second-order valence-corrected chi connectivity index (χ2v) is 4.73. The quantitative estimate of drug-likeness (QED) is 0.838. The molecule has 2 rings (SSSR count). The van der Waals surface area contributed by atoms with Crippen molar-refractivity contribution in [1.29, 1.82) is 0 Å². The lowest BCUT2D eigenvalue weighted by molar-refractivity contribution is 0.480. The summed E-state index contributed by atoms with van der Waals surface area (Å²) in [4.78, 5) is 4.55. The molecule has 3 heteroatoms. The first kappa shape index (κ1) is 11.0. The number of fused-ring (bicyclic) bond motifs is 1. The predicted octanol–water partition coefficient (Wildman–Crippen LogP) is 3.45. The standard InChI is InChI=1S/C13H18N2O/c1-8(2)13-14-12-10(15(13)9(3)4)6-5-7-11(12)16/h5-9,16H,1-4H3. The minimum absolute atomic E-state index is 0.263. The zero-order valence-electron chi connectivity index (χ0n) is 10.2. The highest BCUT2D eigenvalue weighted by Gasteiger charge is 2.17. The van der Waals surface area contributed by atoms with E-state index in [1.54, 1.807) is 6.07 Å². The van der Waals surface area contributed by atoms with E-state index in [4.69, 9.17) is 0 Å². The van der Waals surface area contributed by atoms with Gasteiger partial charge in [-0.2, -0.15) is 0 Å². The van der Waals surface area contributed by atoms with Crippen LogP contribution >= 0.6 is 0 Å². The number of hydrogen-bond donors (Lipinski definition) is 1. The molecule has 1 aromatic carbocycles. The van der Waals surface area contributed by atoms with Crippen molar-refractivity contribution < 1.29 is 5.11 Å². The molecule has 0 unspecified atom stereocenters. The molecule has 0 spiro atoms. The van der Waals surface area contributed by atoms with Gasteiger partial charge in [0.05, 0.1) is 5.52 Å². The Morgan fingerprint density at radius 1 is 1.19 bits per heavy atom. The van der Waals surface area contributed by atoms with Crippen molar-refractivity contribution in [2.45, 2.75) is 39.7 Å². The van der Waals surface area contributed by atoms with Gasteiger partial charge in [-0.15, -0.1) is 0 Å². The average Bonchev–Trinajstić information content (AvgIpc) is 2.58. The number of benzene rings is 1. The van der Waals surface area contributed by atoms with Crippen molar-refractivity contribution in [3.63, 3.8) is 0 Å². The second-order valence-electron chi connectivity index (χ2n) is 4.73. The SMILES string of the molecule is CC(C)c1nc2c(O)cccc2n1C(C)C. The number of aromatic nitrogens is 2. The number of phenolic OH excluding ortho intramolecular Hbond substituents is 1. The van der Waals surface area contributed by atoms with Crippen molar-refractivity contribution in [1.82, 2.24) is 9.55 Å². The summed E-state index contributed by atoms with van der Waals surface area (Å²) in [5.41, 5.74) is 1.72. The van der Waals surface area contributed by atoms with Gasteiger partial charge < -0.3 is 9.67 Å². The number of imidazole rings is 1. The van der Waals surface area contributed by atoms with E-state index in [1.165, 1.54) is 0 Å². The van der Waals surface area contributed by atoms with Crippen molar-refractivity contribution in [2.75, 3.05) is 0 Å².